The van der Waals surface area contributed by atoms with Gasteiger partial charge in [-0.2, -0.15) is 0 Å². The van der Waals surface area contributed by atoms with Crippen LogP contribution in [0, 0.1) is 0 Å². The van der Waals surface area contributed by atoms with Crippen LogP contribution in [-0.4, -0.2) is 53.4 Å². The number of piperidine rings is 1. The van der Waals surface area contributed by atoms with Crippen molar-refractivity contribution in [2.24, 2.45) is 5.16 Å². The van der Waals surface area contributed by atoms with Crippen LogP contribution in [0.4, 0.5) is 0 Å². The van der Waals surface area contributed by atoms with Crippen LogP contribution in [-0.2, 0) is 27.2 Å². The van der Waals surface area contributed by atoms with Crippen molar-refractivity contribution in [2.45, 2.75) is 71.3 Å². The van der Waals surface area contributed by atoms with E-state index in [4.69, 9.17) is 21.2 Å². The van der Waals surface area contributed by atoms with Crippen LogP contribution < -0.4 is 0 Å². The number of rotatable bonds is 4. The quantitative estimate of drug-likeness (QED) is 0.339. The van der Waals surface area contributed by atoms with Crippen LogP contribution in [0.25, 0.3) is 0 Å². The molecule has 0 aliphatic carbocycles. The molecule has 0 radical (unpaired) electrons. The second-order valence-electron chi connectivity index (χ2n) is 8.95. The van der Waals surface area contributed by atoms with Gasteiger partial charge in [0.25, 0.3) is 5.91 Å². The summed E-state index contributed by atoms with van der Waals surface area (Å²) in [6.07, 6.45) is 13.6. The van der Waals surface area contributed by atoms with Gasteiger partial charge >= 0.3 is 5.97 Å². The van der Waals surface area contributed by atoms with Crippen molar-refractivity contribution in [2.75, 3.05) is 19.7 Å². The molecule has 190 valence electrons. The minimum Gasteiger partial charge on any atom is -0.506 e. The minimum absolute atomic E-state index is 0.0827. The highest BCUT2D eigenvalue weighted by Crippen LogP contribution is 2.34. The third-order valence-corrected chi connectivity index (χ3v) is 6.62. The first-order valence-electron chi connectivity index (χ1n) is 12.4. The number of aromatic hydroxyl groups is 1. The lowest BCUT2D eigenvalue weighted by Gasteiger charge is -2.26. The molecule has 0 aromatic heterocycles. The number of cyclic esters (lactones) is 1. The molecule has 35 heavy (non-hydrogen) atoms. The Labute approximate surface area is 212 Å². The summed E-state index contributed by atoms with van der Waals surface area (Å²) < 4.78 is 5.70. The van der Waals surface area contributed by atoms with Gasteiger partial charge in [-0.3, -0.25) is 4.79 Å². The van der Waals surface area contributed by atoms with E-state index in [1.54, 1.807) is 4.90 Å². The first-order valence-corrected chi connectivity index (χ1v) is 12.8. The monoisotopic (exact) mass is 502 g/mol. The van der Waals surface area contributed by atoms with Crippen molar-refractivity contribution in [3.8, 4) is 5.75 Å². The van der Waals surface area contributed by atoms with Gasteiger partial charge in [-0.1, -0.05) is 41.9 Å². The fourth-order valence-electron chi connectivity index (χ4n) is 4.27. The first kappa shape index (κ1) is 26.8. The Morgan fingerprint density at radius 1 is 1.23 bits per heavy atom. The Kier molecular flexibility index (Phi) is 10.2. The smallest absolute Gasteiger partial charge is 0.339 e. The number of fused-ring (bicyclic) bond motifs is 1. The summed E-state index contributed by atoms with van der Waals surface area (Å²) in [5, 5.41) is 14.8. The average molecular weight is 503 g/mol. The molecule has 2 heterocycles. The molecule has 1 atom stereocenters. The van der Waals surface area contributed by atoms with Crippen molar-refractivity contribution in [3.63, 3.8) is 0 Å². The molecule has 2 aliphatic rings. The zero-order valence-electron chi connectivity index (χ0n) is 20.6. The number of carbonyl (C=O) groups is 2. The Hall–Kier alpha value is -2.80. The summed E-state index contributed by atoms with van der Waals surface area (Å²) in [6, 6.07) is 1.51. The van der Waals surface area contributed by atoms with E-state index in [9.17, 15) is 14.7 Å². The van der Waals surface area contributed by atoms with Crippen molar-refractivity contribution in [1.29, 1.82) is 0 Å². The number of likely N-dealkylation sites (tertiary alicyclic amines) is 1. The average Bonchev–Trinajstić information content (AvgIpc) is 2.85. The molecule has 0 unspecified atom stereocenters. The first-order chi connectivity index (χ1) is 16.9. The second kappa shape index (κ2) is 13.3. The molecule has 3 rings (SSSR count). The SMILES string of the molecule is CCc1cc(O)c(Cl)c2c1C(=O)O[C@H](C)C/C=C/CC/C=C/C(=N/OCC(=O)N1CCCCC1)C2. The molecule has 8 heteroatoms. The summed E-state index contributed by atoms with van der Waals surface area (Å²) in [7, 11) is 0. The molecule has 1 saturated heterocycles. The number of ether oxygens (including phenoxy) is 1. The molecule has 1 fully saturated rings. The number of aryl methyl sites for hydroxylation is 1. The van der Waals surface area contributed by atoms with Gasteiger partial charge in [0.05, 0.1) is 16.3 Å². The minimum atomic E-state index is -0.485. The maximum atomic E-state index is 13.2. The Morgan fingerprint density at radius 2 is 1.97 bits per heavy atom. The highest BCUT2D eigenvalue weighted by Gasteiger charge is 2.25. The number of nitrogens with zero attached hydrogens (tertiary/aromatic N) is 2. The van der Waals surface area contributed by atoms with Gasteiger partial charge < -0.3 is 19.6 Å². The van der Waals surface area contributed by atoms with Gasteiger partial charge in [0.1, 0.15) is 11.9 Å². The molecule has 7 nitrogen and oxygen atoms in total. The predicted molar refractivity (Wildman–Crippen MR) is 137 cm³/mol. The molecule has 2 aliphatic heterocycles. The zero-order chi connectivity index (χ0) is 25.2. The van der Waals surface area contributed by atoms with Crippen molar-refractivity contribution < 1.29 is 24.3 Å². The van der Waals surface area contributed by atoms with E-state index in [1.165, 1.54) is 6.07 Å². The number of benzene rings is 1. The van der Waals surface area contributed by atoms with Crippen molar-refractivity contribution in [1.82, 2.24) is 4.90 Å². The normalized spacial score (nSPS) is 22.6. The molecule has 1 aromatic carbocycles. The Morgan fingerprint density at radius 3 is 2.71 bits per heavy atom. The van der Waals surface area contributed by atoms with Gasteiger partial charge in [-0.15, -0.1) is 0 Å². The molecule has 0 spiro atoms. The second-order valence-corrected chi connectivity index (χ2v) is 9.33. The van der Waals surface area contributed by atoms with Crippen LogP contribution in [0.3, 0.4) is 0 Å². The topological polar surface area (TPSA) is 88.4 Å². The maximum Gasteiger partial charge on any atom is 0.339 e. The number of allylic oxidation sites excluding steroid dienone is 3. The van der Waals surface area contributed by atoms with Crippen molar-refractivity contribution >= 4 is 29.2 Å². The number of amides is 1. The van der Waals surface area contributed by atoms with E-state index in [0.29, 0.717) is 35.2 Å². The van der Waals surface area contributed by atoms with Gasteiger partial charge in [0.15, 0.2) is 6.61 Å². The fourth-order valence-corrected chi connectivity index (χ4v) is 4.49. The van der Waals surface area contributed by atoms with Gasteiger partial charge in [-0.25, -0.2) is 4.79 Å². The molecule has 1 N–H and O–H groups in total. The van der Waals surface area contributed by atoms with Crippen LogP contribution in [0.15, 0.2) is 35.5 Å². The third-order valence-electron chi connectivity index (χ3n) is 6.20. The standard InChI is InChI=1S/C27H35ClN2O5/c1-3-20-16-23(31)26(28)22-17-21(29-34-18-24(32)30-14-10-7-11-15-30)13-9-6-4-5-8-12-19(2)35-27(33)25(20)22/h5,8-9,13,16,19,31H,3-4,6-7,10-12,14-15,17-18H2,1-2H3/b8-5+,13-9+,29-21-/t19-/m1/s1. The van der Waals surface area contributed by atoms with E-state index in [-0.39, 0.29) is 35.8 Å². The Bertz CT molecular complexity index is 996. The van der Waals surface area contributed by atoms with E-state index in [0.717, 1.165) is 45.2 Å². The number of hydrogen-bond acceptors (Lipinski definition) is 6. The number of hydrogen-bond donors (Lipinski definition) is 1. The number of oxime groups is 1. The van der Waals surface area contributed by atoms with E-state index in [2.05, 4.69) is 11.2 Å². The maximum absolute atomic E-state index is 13.2. The van der Waals surface area contributed by atoms with Gasteiger partial charge in [-0.05, 0) is 68.7 Å². The van der Waals surface area contributed by atoms with Crippen LogP contribution >= 0.6 is 11.6 Å². The number of esters is 1. The van der Waals surface area contributed by atoms with E-state index < -0.39 is 5.97 Å². The fraction of sp³-hybridized carbons (Fsp3) is 0.519. The van der Waals surface area contributed by atoms with Crippen molar-refractivity contribution in [3.05, 3.63) is 52.1 Å². The summed E-state index contributed by atoms with van der Waals surface area (Å²) in [5.74, 6) is -0.677. The zero-order valence-corrected chi connectivity index (χ0v) is 21.4. The summed E-state index contributed by atoms with van der Waals surface area (Å²) in [5.41, 5.74) is 1.91. The molecule has 0 saturated carbocycles. The third kappa shape index (κ3) is 7.59. The summed E-state index contributed by atoms with van der Waals surface area (Å²) >= 11 is 6.49. The van der Waals surface area contributed by atoms with Gasteiger partial charge in [0, 0.05) is 25.9 Å². The Balaban J connectivity index is 1.92. The molecular weight excluding hydrogens is 468 g/mol. The number of halogens is 1. The summed E-state index contributed by atoms with van der Waals surface area (Å²) in [4.78, 5) is 32.9. The van der Waals surface area contributed by atoms with E-state index >= 15 is 0 Å². The summed E-state index contributed by atoms with van der Waals surface area (Å²) in [6.45, 7) is 5.09. The largest absolute Gasteiger partial charge is 0.506 e. The number of phenols is 1. The lowest BCUT2D eigenvalue weighted by molar-refractivity contribution is -0.137. The van der Waals surface area contributed by atoms with Crippen LogP contribution in [0.1, 0.15) is 73.9 Å². The highest BCUT2D eigenvalue weighted by atomic mass is 35.5. The van der Waals surface area contributed by atoms with E-state index in [1.807, 2.05) is 32.1 Å². The predicted octanol–water partition coefficient (Wildman–Crippen LogP) is 5.38. The van der Waals surface area contributed by atoms with Gasteiger partial charge in [0.2, 0.25) is 0 Å². The highest BCUT2D eigenvalue weighted by molar-refractivity contribution is 6.33. The molecular formula is C27H35ClN2O5. The number of carbonyl (C=O) groups excluding carboxylic acids is 2. The molecule has 1 aromatic rings. The number of phenolic OH excluding ortho intramolecular Hbond substituents is 1. The lowest BCUT2D eigenvalue weighted by atomic mass is 9.94. The van der Waals surface area contributed by atoms with Crippen LogP contribution in [0.2, 0.25) is 5.02 Å². The molecule has 0 bridgehead atoms. The molecule has 1 amide bonds. The van der Waals surface area contributed by atoms with Crippen LogP contribution in [0.5, 0.6) is 5.75 Å². The lowest BCUT2D eigenvalue weighted by Crippen LogP contribution is -2.37.